The van der Waals surface area contributed by atoms with E-state index in [1.165, 1.54) is 36.0 Å². The van der Waals surface area contributed by atoms with E-state index in [4.69, 9.17) is 6.57 Å². The molecule has 2 rings (SSSR count). The first-order chi connectivity index (χ1) is 11.9. The number of anilines is 1. The van der Waals surface area contributed by atoms with Crippen LogP contribution < -0.4 is 5.32 Å². The summed E-state index contributed by atoms with van der Waals surface area (Å²) in [6.07, 6.45) is 1.38. The van der Waals surface area contributed by atoms with Crippen LogP contribution in [-0.2, 0) is 16.6 Å². The third-order valence-corrected chi connectivity index (χ3v) is 3.29. The van der Waals surface area contributed by atoms with Gasteiger partial charge in [-0.2, -0.15) is 0 Å². The summed E-state index contributed by atoms with van der Waals surface area (Å²) in [6.45, 7) is 8.51. The van der Waals surface area contributed by atoms with Crippen molar-refractivity contribution in [2.45, 2.75) is 6.92 Å². The van der Waals surface area contributed by atoms with Crippen molar-refractivity contribution < 1.29 is 23.5 Å². The van der Waals surface area contributed by atoms with Crippen LogP contribution >= 0.6 is 0 Å². The number of aromatic nitrogens is 1. The Morgan fingerprint density at radius 2 is 2.04 bits per heavy atom. The molecule has 0 spiro atoms. The number of nitrogens with zero attached hydrogens (tertiary/aromatic N) is 2. The predicted molar refractivity (Wildman–Crippen MR) is 87.0 cm³/mol. The Hall–Kier alpha value is -3.47. The summed E-state index contributed by atoms with van der Waals surface area (Å²) in [4.78, 5) is 38.8. The molecule has 0 radical (unpaired) electrons. The van der Waals surface area contributed by atoms with E-state index in [1.54, 1.807) is 6.92 Å². The molecule has 1 amide bonds. The molecule has 1 aromatic carbocycles. The molecule has 1 N–H and O–H groups in total. The Balaban J connectivity index is 2.21. The third-order valence-electron chi connectivity index (χ3n) is 3.29. The number of benzene rings is 1. The molecule has 0 unspecified atom stereocenters. The van der Waals surface area contributed by atoms with Crippen LogP contribution in [0.4, 0.5) is 15.8 Å². The highest BCUT2D eigenvalue weighted by atomic mass is 19.1. The fourth-order valence-corrected chi connectivity index (χ4v) is 2.10. The molecule has 0 aliphatic carbocycles. The summed E-state index contributed by atoms with van der Waals surface area (Å²) in [7, 11) is 1.51. The van der Waals surface area contributed by atoms with E-state index in [1.807, 2.05) is 0 Å². The average molecular weight is 343 g/mol. The SMILES string of the molecule is [C-]#[N+]c1cc(NC(=O)c2cc(C(=O)C(=O)OCC)n(C)c2)ccc1F. The molecule has 0 saturated heterocycles. The van der Waals surface area contributed by atoms with Gasteiger partial charge in [-0.05, 0) is 31.2 Å². The van der Waals surface area contributed by atoms with Gasteiger partial charge in [0.05, 0.1) is 24.4 Å². The van der Waals surface area contributed by atoms with Crippen LogP contribution in [0.2, 0.25) is 0 Å². The van der Waals surface area contributed by atoms with Gasteiger partial charge in [0.15, 0.2) is 0 Å². The molecule has 0 aliphatic heterocycles. The topological polar surface area (TPSA) is 81.8 Å². The van der Waals surface area contributed by atoms with Crippen LogP contribution in [0.3, 0.4) is 0 Å². The van der Waals surface area contributed by atoms with E-state index in [2.05, 4.69) is 14.9 Å². The lowest BCUT2D eigenvalue weighted by molar-refractivity contribution is -0.137. The minimum atomic E-state index is -1.00. The van der Waals surface area contributed by atoms with Crippen LogP contribution in [-0.4, -0.2) is 28.8 Å². The quantitative estimate of drug-likeness (QED) is 0.392. The number of carbonyl (C=O) groups excluding carboxylic acids is 3. The summed E-state index contributed by atoms with van der Waals surface area (Å²) in [5, 5.41) is 2.50. The normalized spacial score (nSPS) is 10.0. The zero-order chi connectivity index (χ0) is 18.6. The van der Waals surface area contributed by atoms with Crippen LogP contribution in [0.15, 0.2) is 30.5 Å². The zero-order valence-electron chi connectivity index (χ0n) is 13.5. The Kier molecular flexibility index (Phi) is 5.29. The van der Waals surface area contributed by atoms with Crippen molar-refractivity contribution in [3.63, 3.8) is 0 Å². The van der Waals surface area contributed by atoms with E-state index in [-0.39, 0.29) is 29.2 Å². The molecule has 0 saturated carbocycles. The fraction of sp³-hybridized carbons (Fsp3) is 0.176. The van der Waals surface area contributed by atoms with Gasteiger partial charge in [0, 0.05) is 18.9 Å². The number of ketones is 1. The second-order valence-electron chi connectivity index (χ2n) is 5.01. The lowest BCUT2D eigenvalue weighted by Crippen LogP contribution is -2.19. The van der Waals surface area contributed by atoms with Gasteiger partial charge in [-0.25, -0.2) is 14.0 Å². The van der Waals surface area contributed by atoms with Crippen LogP contribution in [0.1, 0.15) is 27.8 Å². The molecule has 2 aromatic rings. The van der Waals surface area contributed by atoms with E-state index in [0.717, 1.165) is 6.07 Å². The molecule has 25 heavy (non-hydrogen) atoms. The smallest absolute Gasteiger partial charge is 0.381 e. The number of hydrogen-bond donors (Lipinski definition) is 1. The molecule has 128 valence electrons. The van der Waals surface area contributed by atoms with E-state index in [0.29, 0.717) is 0 Å². The Morgan fingerprint density at radius 1 is 1.32 bits per heavy atom. The van der Waals surface area contributed by atoms with Crippen LogP contribution in [0, 0.1) is 12.4 Å². The first-order valence-electron chi connectivity index (χ1n) is 7.23. The fourth-order valence-electron chi connectivity index (χ4n) is 2.10. The summed E-state index contributed by atoms with van der Waals surface area (Å²) in [6, 6.07) is 4.85. The second kappa shape index (κ2) is 7.40. The predicted octanol–water partition coefficient (Wildman–Crippen LogP) is 2.71. The molecular formula is C17H14FN3O4. The highest BCUT2D eigenvalue weighted by molar-refractivity contribution is 6.40. The van der Waals surface area contributed by atoms with Crippen LogP contribution in [0.5, 0.6) is 0 Å². The average Bonchev–Trinajstić information content (AvgIpc) is 2.98. The first kappa shape index (κ1) is 17.9. The van der Waals surface area contributed by atoms with Crippen LogP contribution in [0.25, 0.3) is 4.85 Å². The number of esters is 1. The summed E-state index contributed by atoms with van der Waals surface area (Å²) in [5.41, 5.74) is 0.150. The molecule has 8 heteroatoms. The maximum Gasteiger partial charge on any atom is 0.381 e. The summed E-state index contributed by atoms with van der Waals surface area (Å²) in [5.74, 6) is -3.12. The van der Waals surface area contributed by atoms with Gasteiger partial charge in [-0.1, -0.05) is 0 Å². The molecule has 0 bridgehead atoms. The second-order valence-corrected chi connectivity index (χ2v) is 5.01. The Labute approximate surface area is 142 Å². The number of amides is 1. The third kappa shape index (κ3) is 3.90. The molecule has 0 aliphatic rings. The lowest BCUT2D eigenvalue weighted by Gasteiger charge is -2.04. The van der Waals surface area contributed by atoms with Crippen molar-refractivity contribution in [1.82, 2.24) is 4.57 Å². The molecule has 0 atom stereocenters. The largest absolute Gasteiger partial charge is 0.460 e. The first-order valence-corrected chi connectivity index (χ1v) is 7.23. The number of rotatable bonds is 5. The number of Topliss-reactive ketones (excluding diaryl/α,β-unsaturated/α-hetero) is 1. The Morgan fingerprint density at radius 3 is 2.68 bits per heavy atom. The van der Waals surface area contributed by atoms with Gasteiger partial charge in [0.1, 0.15) is 5.82 Å². The van der Waals surface area contributed by atoms with Gasteiger partial charge in [0.25, 0.3) is 11.7 Å². The van der Waals surface area contributed by atoms with Crippen molar-refractivity contribution in [2.24, 2.45) is 7.05 Å². The van der Waals surface area contributed by atoms with Gasteiger partial charge in [-0.3, -0.25) is 9.59 Å². The molecule has 1 aromatic heterocycles. The Bertz CT molecular complexity index is 896. The minimum Gasteiger partial charge on any atom is -0.460 e. The highest BCUT2D eigenvalue weighted by Gasteiger charge is 2.23. The minimum absolute atomic E-state index is 0.00422. The molecular weight excluding hydrogens is 329 g/mol. The van der Waals surface area contributed by atoms with E-state index >= 15 is 0 Å². The van der Waals surface area contributed by atoms with Gasteiger partial charge in [0.2, 0.25) is 5.69 Å². The summed E-state index contributed by atoms with van der Waals surface area (Å²) >= 11 is 0. The van der Waals surface area contributed by atoms with Crippen molar-refractivity contribution in [3.05, 3.63) is 59.0 Å². The van der Waals surface area contributed by atoms with E-state index < -0.39 is 23.5 Å². The van der Waals surface area contributed by atoms with Gasteiger partial charge < -0.3 is 14.6 Å². The monoisotopic (exact) mass is 343 g/mol. The van der Waals surface area contributed by atoms with E-state index in [9.17, 15) is 18.8 Å². The number of ether oxygens (including phenoxy) is 1. The number of nitrogens with one attached hydrogen (secondary N) is 1. The van der Waals surface area contributed by atoms with Crippen molar-refractivity contribution in [3.8, 4) is 0 Å². The lowest BCUT2D eigenvalue weighted by atomic mass is 10.2. The van der Waals surface area contributed by atoms with Gasteiger partial charge in [-0.15, -0.1) is 0 Å². The van der Waals surface area contributed by atoms with Crippen molar-refractivity contribution in [2.75, 3.05) is 11.9 Å². The maximum atomic E-state index is 13.3. The number of hydrogen-bond acceptors (Lipinski definition) is 4. The molecule has 0 fully saturated rings. The van der Waals surface area contributed by atoms with Crippen molar-refractivity contribution in [1.29, 1.82) is 0 Å². The maximum absolute atomic E-state index is 13.3. The van der Waals surface area contributed by atoms with Gasteiger partial charge >= 0.3 is 5.97 Å². The molecule has 7 nitrogen and oxygen atoms in total. The number of carbonyl (C=O) groups is 3. The highest BCUT2D eigenvalue weighted by Crippen LogP contribution is 2.23. The standard InChI is InChI=1S/C17H14FN3O4/c1-4-25-17(24)15(22)14-7-10(9-21(14)3)16(23)20-11-5-6-12(18)13(8-11)19-2/h5-9H,4H2,1,3H3,(H,20,23). The zero-order valence-corrected chi connectivity index (χ0v) is 13.5. The van der Waals surface area contributed by atoms with Crippen molar-refractivity contribution >= 4 is 29.0 Å². The number of aryl methyl sites for hydroxylation is 1. The molecule has 1 heterocycles. The summed E-state index contributed by atoms with van der Waals surface area (Å²) < 4.78 is 19.3. The number of halogens is 1.